The maximum Gasteiger partial charge on any atom is 0.234 e. The molecule has 1 N–H and O–H groups in total. The average Bonchev–Trinajstić information content (AvgIpc) is 3.45. The molecule has 1 aromatic heterocycles. The number of nitrogens with one attached hydrogen (secondary N) is 1. The van der Waals surface area contributed by atoms with Gasteiger partial charge < -0.3 is 15.0 Å². The maximum absolute atomic E-state index is 12.7. The van der Waals surface area contributed by atoms with Gasteiger partial charge in [0.05, 0.1) is 19.4 Å². The lowest BCUT2D eigenvalue weighted by Gasteiger charge is -2.34. The van der Waals surface area contributed by atoms with Crippen LogP contribution >= 0.6 is 11.8 Å². The van der Waals surface area contributed by atoms with Gasteiger partial charge in [-0.3, -0.25) is 19.1 Å². The Kier molecular flexibility index (Phi) is 6.59. The number of hydrogen-bond acceptors (Lipinski definition) is 6. The number of imidazole rings is 1. The van der Waals surface area contributed by atoms with Crippen LogP contribution in [0.1, 0.15) is 12.8 Å². The lowest BCUT2D eigenvalue weighted by atomic mass is 10.3. The first kappa shape index (κ1) is 20.7. The van der Waals surface area contributed by atoms with Crippen molar-refractivity contribution in [2.45, 2.75) is 24.0 Å². The van der Waals surface area contributed by atoms with E-state index in [0.717, 1.165) is 42.5 Å². The van der Waals surface area contributed by atoms with E-state index in [4.69, 9.17) is 4.74 Å². The molecule has 2 fully saturated rings. The van der Waals surface area contributed by atoms with E-state index >= 15 is 0 Å². The van der Waals surface area contributed by atoms with Gasteiger partial charge in [-0.1, -0.05) is 11.8 Å². The van der Waals surface area contributed by atoms with Crippen LogP contribution in [0.25, 0.3) is 5.69 Å². The minimum Gasteiger partial charge on any atom is -0.497 e. The summed E-state index contributed by atoms with van der Waals surface area (Å²) in [5.41, 5.74) is 0.973. The van der Waals surface area contributed by atoms with Gasteiger partial charge in [-0.2, -0.15) is 0 Å². The number of rotatable bonds is 8. The molecule has 4 rings (SSSR count). The summed E-state index contributed by atoms with van der Waals surface area (Å²) in [5.74, 6) is 1.34. The van der Waals surface area contributed by atoms with Crippen molar-refractivity contribution in [2.75, 3.05) is 45.6 Å². The number of carbonyl (C=O) groups excluding carboxylic acids is 2. The monoisotopic (exact) mass is 429 g/mol. The molecule has 1 aromatic carbocycles. The first-order valence-electron chi connectivity index (χ1n) is 10.2. The van der Waals surface area contributed by atoms with Crippen molar-refractivity contribution in [3.05, 3.63) is 36.7 Å². The molecule has 0 atom stereocenters. The van der Waals surface area contributed by atoms with Gasteiger partial charge in [0.15, 0.2) is 5.16 Å². The van der Waals surface area contributed by atoms with E-state index in [1.807, 2.05) is 39.9 Å². The minimum atomic E-state index is 0.0956. The van der Waals surface area contributed by atoms with Gasteiger partial charge >= 0.3 is 0 Å². The Hall–Kier alpha value is -2.52. The third-order valence-corrected chi connectivity index (χ3v) is 6.27. The fourth-order valence-electron chi connectivity index (χ4n) is 3.41. The van der Waals surface area contributed by atoms with Crippen molar-refractivity contribution in [3.8, 4) is 11.4 Å². The molecule has 2 aromatic rings. The summed E-state index contributed by atoms with van der Waals surface area (Å²) in [6, 6.07) is 8.12. The highest BCUT2D eigenvalue weighted by Gasteiger charge is 2.26. The van der Waals surface area contributed by atoms with Crippen LogP contribution in [0.5, 0.6) is 5.75 Å². The second-order valence-corrected chi connectivity index (χ2v) is 8.51. The number of methoxy groups -OCH3 is 1. The van der Waals surface area contributed by atoms with Crippen LogP contribution in [0.2, 0.25) is 0 Å². The first-order valence-corrected chi connectivity index (χ1v) is 11.2. The summed E-state index contributed by atoms with van der Waals surface area (Å²) >= 11 is 1.44. The van der Waals surface area contributed by atoms with E-state index in [9.17, 15) is 9.59 Å². The van der Waals surface area contributed by atoms with Gasteiger partial charge in [-0.15, -0.1) is 0 Å². The zero-order valence-electron chi connectivity index (χ0n) is 17.1. The Morgan fingerprint density at radius 1 is 1.17 bits per heavy atom. The molecule has 0 unspecified atom stereocenters. The van der Waals surface area contributed by atoms with Crippen molar-refractivity contribution in [1.29, 1.82) is 0 Å². The van der Waals surface area contributed by atoms with Crippen molar-refractivity contribution in [3.63, 3.8) is 0 Å². The van der Waals surface area contributed by atoms with E-state index in [-0.39, 0.29) is 11.8 Å². The van der Waals surface area contributed by atoms with Gasteiger partial charge in [0, 0.05) is 50.3 Å². The van der Waals surface area contributed by atoms with Crippen molar-refractivity contribution < 1.29 is 14.3 Å². The van der Waals surface area contributed by atoms with Gasteiger partial charge in [-0.05, 0) is 37.1 Å². The Bertz CT molecular complexity index is 873. The number of ether oxygens (including phenoxy) is 1. The van der Waals surface area contributed by atoms with Gasteiger partial charge in [-0.25, -0.2) is 4.98 Å². The minimum absolute atomic E-state index is 0.0956. The second kappa shape index (κ2) is 9.53. The number of benzene rings is 1. The molecule has 1 aliphatic heterocycles. The quantitative estimate of drug-likeness (QED) is 0.639. The van der Waals surface area contributed by atoms with E-state index < -0.39 is 0 Å². The predicted octanol–water partition coefficient (Wildman–Crippen LogP) is 1.40. The van der Waals surface area contributed by atoms with Crippen LogP contribution in [0.15, 0.2) is 41.8 Å². The van der Waals surface area contributed by atoms with Gasteiger partial charge in [0.2, 0.25) is 11.8 Å². The highest BCUT2D eigenvalue weighted by molar-refractivity contribution is 7.99. The summed E-state index contributed by atoms with van der Waals surface area (Å²) in [5, 5.41) is 3.80. The molecule has 0 bridgehead atoms. The number of amides is 2. The van der Waals surface area contributed by atoms with E-state index in [1.165, 1.54) is 11.8 Å². The maximum atomic E-state index is 12.7. The van der Waals surface area contributed by atoms with Gasteiger partial charge in [0.1, 0.15) is 5.75 Å². The lowest BCUT2D eigenvalue weighted by Crippen LogP contribution is -2.51. The third kappa shape index (κ3) is 5.34. The van der Waals surface area contributed by atoms with Crippen LogP contribution in [0.3, 0.4) is 0 Å². The fraction of sp³-hybridized carbons (Fsp3) is 0.476. The third-order valence-electron chi connectivity index (χ3n) is 5.32. The summed E-state index contributed by atoms with van der Waals surface area (Å²) in [6.07, 6.45) is 5.83. The largest absolute Gasteiger partial charge is 0.497 e. The number of thioether (sulfide) groups is 1. The number of hydrogen-bond donors (Lipinski definition) is 1. The molecular formula is C21H27N5O3S. The fourth-order valence-corrected chi connectivity index (χ4v) is 4.29. The highest BCUT2D eigenvalue weighted by atomic mass is 32.2. The van der Waals surface area contributed by atoms with Crippen LogP contribution in [-0.2, 0) is 9.59 Å². The molecule has 0 spiro atoms. The molecule has 30 heavy (non-hydrogen) atoms. The summed E-state index contributed by atoms with van der Waals surface area (Å²) in [4.78, 5) is 33.0. The van der Waals surface area contributed by atoms with Crippen LogP contribution < -0.4 is 10.1 Å². The van der Waals surface area contributed by atoms with E-state index in [1.54, 1.807) is 13.3 Å². The molecule has 2 amide bonds. The molecule has 8 nitrogen and oxygen atoms in total. The Morgan fingerprint density at radius 3 is 2.57 bits per heavy atom. The molecule has 1 saturated heterocycles. The molecule has 2 heterocycles. The number of nitrogens with zero attached hydrogens (tertiary/aromatic N) is 4. The summed E-state index contributed by atoms with van der Waals surface area (Å²) in [7, 11) is 1.64. The number of piperazine rings is 1. The second-order valence-electron chi connectivity index (χ2n) is 7.57. The van der Waals surface area contributed by atoms with E-state index in [2.05, 4.69) is 15.2 Å². The Balaban J connectivity index is 1.24. The molecule has 0 radical (unpaired) electrons. The molecule has 2 aliphatic rings. The zero-order chi connectivity index (χ0) is 20.9. The topological polar surface area (TPSA) is 79.7 Å². The van der Waals surface area contributed by atoms with Crippen molar-refractivity contribution in [1.82, 2.24) is 24.7 Å². The van der Waals surface area contributed by atoms with Crippen molar-refractivity contribution >= 4 is 23.6 Å². The molecule has 1 saturated carbocycles. The first-order chi connectivity index (χ1) is 14.6. The van der Waals surface area contributed by atoms with Crippen LogP contribution in [-0.4, -0.2) is 82.8 Å². The zero-order valence-corrected chi connectivity index (χ0v) is 17.9. The summed E-state index contributed by atoms with van der Waals surface area (Å²) in [6.45, 7) is 3.20. The predicted molar refractivity (Wildman–Crippen MR) is 115 cm³/mol. The lowest BCUT2D eigenvalue weighted by molar-refractivity contribution is -0.130. The Labute approximate surface area is 180 Å². The normalized spacial score (nSPS) is 17.0. The molecular weight excluding hydrogens is 402 g/mol. The van der Waals surface area contributed by atoms with Crippen LogP contribution in [0.4, 0.5) is 0 Å². The van der Waals surface area contributed by atoms with Crippen molar-refractivity contribution in [2.24, 2.45) is 0 Å². The average molecular weight is 430 g/mol. The van der Waals surface area contributed by atoms with E-state index in [0.29, 0.717) is 31.4 Å². The Morgan fingerprint density at radius 2 is 1.90 bits per heavy atom. The number of aromatic nitrogens is 2. The standard InChI is InChI=1S/C21H27N5O3S/c1-29-18-6-4-17(5-7-18)26-9-8-22-21(26)30-15-20(28)25-12-10-24(11-13-25)14-19(27)23-16-2-3-16/h4-9,16H,2-3,10-15H2,1H3,(H,23,27). The van der Waals surface area contributed by atoms with Crippen LogP contribution in [0, 0.1) is 0 Å². The molecule has 9 heteroatoms. The summed E-state index contributed by atoms with van der Waals surface area (Å²) < 4.78 is 7.17. The number of carbonyl (C=O) groups is 2. The highest BCUT2D eigenvalue weighted by Crippen LogP contribution is 2.23. The SMILES string of the molecule is COc1ccc(-n2ccnc2SCC(=O)N2CCN(CC(=O)NC3CC3)CC2)cc1. The van der Waals surface area contributed by atoms with Gasteiger partial charge in [0.25, 0.3) is 0 Å². The molecule has 1 aliphatic carbocycles. The molecule has 160 valence electrons. The smallest absolute Gasteiger partial charge is 0.234 e.